The van der Waals surface area contributed by atoms with Crippen molar-refractivity contribution in [3.05, 3.63) is 105 Å². The molecule has 0 radical (unpaired) electrons. The Kier molecular flexibility index (Phi) is 5.14. The van der Waals surface area contributed by atoms with Crippen LogP contribution in [0.1, 0.15) is 40.6 Å². The fraction of sp³-hybridized carbons (Fsp3) is 0.192. The summed E-state index contributed by atoms with van der Waals surface area (Å²) >= 11 is 12.5. The lowest BCUT2D eigenvalue weighted by atomic mass is 9.76. The molecule has 3 aromatic rings. The molecule has 2 aliphatic rings. The van der Waals surface area contributed by atoms with Crippen molar-refractivity contribution in [2.75, 3.05) is 5.32 Å². The van der Waals surface area contributed by atoms with Gasteiger partial charge in [0.05, 0.1) is 21.8 Å². The highest BCUT2D eigenvalue weighted by Gasteiger charge is 2.37. The number of hydrogen-bond acceptors (Lipinski definition) is 2. The first-order valence-electron chi connectivity index (χ1n) is 10.2. The molecule has 0 spiro atoms. The normalized spacial score (nSPS) is 22.0. The number of aryl methyl sites for hydroxylation is 1. The molecule has 0 aromatic heterocycles. The third kappa shape index (κ3) is 3.55. The summed E-state index contributed by atoms with van der Waals surface area (Å²) in [6.07, 6.45) is 7.53. The molecule has 150 valence electrons. The van der Waals surface area contributed by atoms with Gasteiger partial charge in [0, 0.05) is 23.4 Å². The summed E-state index contributed by atoms with van der Waals surface area (Å²) in [6, 6.07) is 20.9. The molecule has 1 aliphatic carbocycles. The lowest BCUT2D eigenvalue weighted by Crippen LogP contribution is -2.29. The monoisotopic (exact) mass is 432 g/mol. The van der Waals surface area contributed by atoms with E-state index in [2.05, 4.69) is 71.8 Å². The smallest absolute Gasteiger partial charge is 0.0630 e. The fourth-order valence-electron chi connectivity index (χ4n) is 4.58. The van der Waals surface area contributed by atoms with E-state index in [9.17, 15) is 0 Å². The molecular weight excluding hydrogens is 411 g/mol. The minimum atomic E-state index is 0.288. The lowest BCUT2D eigenvalue weighted by Gasteiger charge is -2.37. The number of benzene rings is 3. The van der Waals surface area contributed by atoms with Crippen molar-refractivity contribution in [3.63, 3.8) is 0 Å². The van der Waals surface area contributed by atoms with E-state index in [1.165, 1.54) is 22.4 Å². The van der Waals surface area contributed by atoms with Crippen LogP contribution < -0.4 is 5.32 Å². The maximum atomic E-state index is 6.24. The zero-order valence-corrected chi connectivity index (χ0v) is 18.2. The number of aliphatic imine (C=N–C) groups is 1. The zero-order valence-electron chi connectivity index (χ0n) is 16.6. The molecule has 0 saturated carbocycles. The number of nitrogens with one attached hydrogen (secondary N) is 1. The third-order valence-electron chi connectivity index (χ3n) is 6.11. The summed E-state index contributed by atoms with van der Waals surface area (Å²) in [6.45, 7) is 2.16. The van der Waals surface area contributed by atoms with Crippen molar-refractivity contribution in [2.45, 2.75) is 25.3 Å². The molecule has 30 heavy (non-hydrogen) atoms. The zero-order chi connectivity index (χ0) is 20.7. The Morgan fingerprint density at radius 2 is 1.77 bits per heavy atom. The molecule has 1 aliphatic heterocycles. The van der Waals surface area contributed by atoms with Gasteiger partial charge in [-0.2, -0.15) is 0 Å². The van der Waals surface area contributed by atoms with Crippen LogP contribution in [0.5, 0.6) is 0 Å². The topological polar surface area (TPSA) is 24.4 Å². The fourth-order valence-corrected chi connectivity index (χ4v) is 5.08. The molecule has 3 aromatic carbocycles. The van der Waals surface area contributed by atoms with Crippen molar-refractivity contribution in [3.8, 4) is 0 Å². The second-order valence-corrected chi connectivity index (χ2v) is 8.87. The van der Waals surface area contributed by atoms with Gasteiger partial charge in [-0.3, -0.25) is 4.99 Å². The van der Waals surface area contributed by atoms with Crippen LogP contribution in [-0.2, 0) is 0 Å². The van der Waals surface area contributed by atoms with Gasteiger partial charge in [0.25, 0.3) is 0 Å². The summed E-state index contributed by atoms with van der Waals surface area (Å²) in [5.74, 6) is 1.02. The summed E-state index contributed by atoms with van der Waals surface area (Å²) in [5, 5.41) is 4.99. The van der Waals surface area contributed by atoms with Crippen molar-refractivity contribution >= 4 is 40.8 Å². The van der Waals surface area contributed by atoms with Crippen LogP contribution in [0, 0.1) is 12.8 Å². The van der Waals surface area contributed by atoms with Gasteiger partial charge in [-0.15, -0.1) is 0 Å². The van der Waals surface area contributed by atoms with Crippen LogP contribution in [0.3, 0.4) is 0 Å². The van der Waals surface area contributed by atoms with Gasteiger partial charge < -0.3 is 5.32 Å². The molecular formula is C26H22Cl2N2. The maximum absolute atomic E-state index is 6.24. The molecule has 0 bridgehead atoms. The average Bonchev–Trinajstić information content (AvgIpc) is 3.24. The Labute approximate surface area is 187 Å². The number of fused-ring (bicyclic) bond motifs is 3. The van der Waals surface area contributed by atoms with E-state index in [0.29, 0.717) is 21.9 Å². The molecule has 0 unspecified atom stereocenters. The number of allylic oxidation sites excluding steroid dienone is 2. The van der Waals surface area contributed by atoms with Gasteiger partial charge in [-0.25, -0.2) is 0 Å². The number of halogens is 2. The molecule has 0 amide bonds. The van der Waals surface area contributed by atoms with Crippen LogP contribution in [0.25, 0.3) is 0 Å². The van der Waals surface area contributed by atoms with Gasteiger partial charge in [-0.1, -0.05) is 71.2 Å². The predicted octanol–water partition coefficient (Wildman–Crippen LogP) is 7.88. The van der Waals surface area contributed by atoms with Crippen LogP contribution in [-0.4, -0.2) is 6.21 Å². The third-order valence-corrected chi connectivity index (χ3v) is 6.77. The molecule has 1 N–H and O–H groups in total. The summed E-state index contributed by atoms with van der Waals surface area (Å²) < 4.78 is 0. The van der Waals surface area contributed by atoms with E-state index < -0.39 is 0 Å². The van der Waals surface area contributed by atoms with Crippen LogP contribution in [0.15, 0.2) is 77.8 Å². The van der Waals surface area contributed by atoms with Crippen molar-refractivity contribution in [1.82, 2.24) is 0 Å². The second-order valence-electron chi connectivity index (χ2n) is 8.05. The highest BCUT2D eigenvalue weighted by atomic mass is 35.5. The van der Waals surface area contributed by atoms with E-state index in [0.717, 1.165) is 17.7 Å². The number of rotatable bonds is 3. The molecule has 3 atom stereocenters. The van der Waals surface area contributed by atoms with Gasteiger partial charge in [-0.05, 0) is 60.7 Å². The van der Waals surface area contributed by atoms with E-state index in [1.807, 2.05) is 18.2 Å². The number of anilines is 1. The van der Waals surface area contributed by atoms with Gasteiger partial charge >= 0.3 is 0 Å². The Morgan fingerprint density at radius 1 is 1.00 bits per heavy atom. The van der Waals surface area contributed by atoms with Gasteiger partial charge in [0.15, 0.2) is 0 Å². The van der Waals surface area contributed by atoms with Crippen LogP contribution >= 0.6 is 23.2 Å². The first-order valence-corrected chi connectivity index (χ1v) is 11.0. The van der Waals surface area contributed by atoms with Crippen LogP contribution in [0.2, 0.25) is 10.0 Å². The SMILES string of the molecule is Cc1ccc2c(c1)[C@@H]1C=CC[C@H]1[C@@H](c1ccc(N=Cc3c(Cl)cccc3Cl)cc1)N2. The molecule has 5 rings (SSSR count). The molecule has 0 fully saturated rings. The Hall–Kier alpha value is -2.55. The summed E-state index contributed by atoms with van der Waals surface area (Å²) in [5.41, 5.74) is 6.88. The summed E-state index contributed by atoms with van der Waals surface area (Å²) in [7, 11) is 0. The second kappa shape index (κ2) is 7.94. The summed E-state index contributed by atoms with van der Waals surface area (Å²) in [4.78, 5) is 4.57. The van der Waals surface area contributed by atoms with Crippen molar-refractivity contribution in [2.24, 2.45) is 10.9 Å². The molecule has 2 nitrogen and oxygen atoms in total. The quantitative estimate of drug-likeness (QED) is 0.330. The van der Waals surface area contributed by atoms with Gasteiger partial charge in [0.2, 0.25) is 0 Å². The van der Waals surface area contributed by atoms with Crippen molar-refractivity contribution < 1.29 is 0 Å². The minimum absolute atomic E-state index is 0.288. The standard InChI is InChI=1S/C26H22Cl2N2/c1-16-8-13-25-21(14-16)19-4-2-5-20(19)26(30-25)17-9-11-18(12-10-17)29-15-22-23(27)6-3-7-24(22)28/h2-4,6-15,19-20,26,30H,5H2,1H3/t19-,20-,26-/m1/s1. The van der Waals surface area contributed by atoms with Crippen LogP contribution in [0.4, 0.5) is 11.4 Å². The highest BCUT2D eigenvalue weighted by Crippen LogP contribution is 2.50. The van der Waals surface area contributed by atoms with E-state index in [-0.39, 0.29) is 6.04 Å². The Bertz CT molecular complexity index is 1130. The van der Waals surface area contributed by atoms with E-state index >= 15 is 0 Å². The molecule has 4 heteroatoms. The average molecular weight is 433 g/mol. The molecule has 1 heterocycles. The van der Waals surface area contributed by atoms with E-state index in [4.69, 9.17) is 23.2 Å². The van der Waals surface area contributed by atoms with Crippen molar-refractivity contribution in [1.29, 1.82) is 0 Å². The molecule has 0 saturated heterocycles. The first kappa shape index (κ1) is 19.4. The van der Waals surface area contributed by atoms with Gasteiger partial charge in [0.1, 0.15) is 0 Å². The highest BCUT2D eigenvalue weighted by molar-refractivity contribution is 6.38. The number of nitrogens with zero attached hydrogens (tertiary/aromatic N) is 1. The number of hydrogen-bond donors (Lipinski definition) is 1. The van der Waals surface area contributed by atoms with E-state index in [1.54, 1.807) is 6.21 Å². The maximum Gasteiger partial charge on any atom is 0.0630 e. The largest absolute Gasteiger partial charge is 0.378 e. The Morgan fingerprint density at radius 3 is 2.53 bits per heavy atom. The predicted molar refractivity (Wildman–Crippen MR) is 128 cm³/mol. The Balaban J connectivity index is 1.41. The first-order chi connectivity index (χ1) is 14.6. The minimum Gasteiger partial charge on any atom is -0.378 e. The lowest BCUT2D eigenvalue weighted by molar-refractivity contribution is 0.425.